The number of aromatic nitrogens is 1. The van der Waals surface area contributed by atoms with Gasteiger partial charge in [-0.15, -0.1) is 11.8 Å². The lowest BCUT2D eigenvalue weighted by atomic mass is 10.2. The molecular weight excluding hydrogens is 458 g/mol. The Kier molecular flexibility index (Phi) is 7.32. The van der Waals surface area contributed by atoms with Crippen molar-refractivity contribution in [2.75, 3.05) is 24.7 Å². The second kappa shape index (κ2) is 10.4. The molecule has 0 bridgehead atoms. The molecular formula is C24H25N3O4S2. The van der Waals surface area contributed by atoms with E-state index in [4.69, 9.17) is 4.74 Å². The molecule has 0 spiro atoms. The van der Waals surface area contributed by atoms with E-state index in [0.717, 1.165) is 19.3 Å². The maximum Gasteiger partial charge on any atom is 0.258 e. The SMILES string of the molecule is CSc1ncccc1C(=O)Nc1cc(S(=O)(=O)N2CCCCC2)ccc1Oc1ccccc1. The van der Waals surface area contributed by atoms with E-state index in [9.17, 15) is 13.2 Å². The fourth-order valence-electron chi connectivity index (χ4n) is 3.64. The third-order valence-corrected chi connectivity index (χ3v) is 7.94. The maximum atomic E-state index is 13.2. The number of rotatable bonds is 7. The minimum absolute atomic E-state index is 0.122. The summed E-state index contributed by atoms with van der Waals surface area (Å²) in [7, 11) is -3.68. The van der Waals surface area contributed by atoms with Gasteiger partial charge in [-0.3, -0.25) is 4.79 Å². The molecule has 7 nitrogen and oxygen atoms in total. The van der Waals surface area contributed by atoms with E-state index < -0.39 is 15.9 Å². The van der Waals surface area contributed by atoms with Gasteiger partial charge in [-0.25, -0.2) is 13.4 Å². The molecule has 9 heteroatoms. The normalized spacial score (nSPS) is 14.6. The number of amides is 1. The van der Waals surface area contributed by atoms with Crippen LogP contribution in [0, 0.1) is 0 Å². The zero-order valence-corrected chi connectivity index (χ0v) is 19.9. The molecule has 1 fully saturated rings. The Morgan fingerprint density at radius 3 is 2.52 bits per heavy atom. The van der Waals surface area contributed by atoms with Gasteiger partial charge < -0.3 is 10.1 Å². The van der Waals surface area contributed by atoms with Crippen molar-refractivity contribution in [3.8, 4) is 11.5 Å². The molecule has 0 aliphatic carbocycles. The standard InChI is InChI=1S/C24H25N3O4S2/c1-32-24-20(11-8-14-25-24)23(28)26-21-17-19(33(29,30)27-15-6-3-7-16-27)12-13-22(21)31-18-9-4-2-5-10-18/h2,4-5,8-14,17H,3,6-7,15-16H2,1H3,(H,26,28). The fourth-order valence-corrected chi connectivity index (χ4v) is 5.73. The second-order valence-electron chi connectivity index (χ2n) is 7.55. The minimum atomic E-state index is -3.68. The third kappa shape index (κ3) is 5.38. The molecule has 0 saturated carbocycles. The summed E-state index contributed by atoms with van der Waals surface area (Å²) in [5.41, 5.74) is 0.679. The number of nitrogens with one attached hydrogen (secondary N) is 1. The summed E-state index contributed by atoms with van der Waals surface area (Å²) in [6.07, 6.45) is 6.18. The molecule has 172 valence electrons. The topological polar surface area (TPSA) is 88.6 Å². The Morgan fingerprint density at radius 1 is 1.03 bits per heavy atom. The summed E-state index contributed by atoms with van der Waals surface area (Å²) in [5.74, 6) is 0.533. The zero-order valence-electron chi connectivity index (χ0n) is 18.2. The first-order valence-corrected chi connectivity index (χ1v) is 13.3. The van der Waals surface area contributed by atoms with E-state index in [2.05, 4.69) is 10.3 Å². The van der Waals surface area contributed by atoms with E-state index >= 15 is 0 Å². The predicted molar refractivity (Wildman–Crippen MR) is 130 cm³/mol. The molecule has 3 aromatic rings. The largest absolute Gasteiger partial charge is 0.455 e. The van der Waals surface area contributed by atoms with Gasteiger partial charge in [0.15, 0.2) is 5.75 Å². The van der Waals surface area contributed by atoms with E-state index in [1.54, 1.807) is 36.5 Å². The Bertz CT molecular complexity index is 1230. The van der Waals surface area contributed by atoms with Crippen LogP contribution >= 0.6 is 11.8 Å². The summed E-state index contributed by atoms with van der Waals surface area (Å²) >= 11 is 1.36. The molecule has 0 radical (unpaired) electrons. The van der Waals surface area contributed by atoms with Crippen LogP contribution < -0.4 is 10.1 Å². The third-order valence-electron chi connectivity index (χ3n) is 5.33. The van der Waals surface area contributed by atoms with E-state index in [1.807, 2.05) is 24.5 Å². The highest BCUT2D eigenvalue weighted by Crippen LogP contribution is 2.34. The van der Waals surface area contributed by atoms with E-state index in [-0.39, 0.29) is 10.6 Å². The average Bonchev–Trinajstić information content (AvgIpc) is 2.86. The van der Waals surface area contributed by atoms with Crippen LogP contribution in [0.2, 0.25) is 0 Å². The first kappa shape index (κ1) is 23.3. The Balaban J connectivity index is 1.71. The number of nitrogens with zero attached hydrogens (tertiary/aromatic N) is 2. The van der Waals surface area contributed by atoms with E-state index in [0.29, 0.717) is 35.2 Å². The monoisotopic (exact) mass is 483 g/mol. The quantitative estimate of drug-likeness (QED) is 0.475. The van der Waals surface area contributed by atoms with Crippen LogP contribution in [0.1, 0.15) is 29.6 Å². The molecule has 4 rings (SSSR count). The fraction of sp³-hybridized carbons (Fsp3) is 0.250. The summed E-state index contributed by atoms with van der Waals surface area (Å²) in [5, 5.41) is 3.42. The molecule has 2 heterocycles. The van der Waals surface area contributed by atoms with Gasteiger partial charge in [-0.2, -0.15) is 4.31 Å². The summed E-state index contributed by atoms with van der Waals surface area (Å²) in [6, 6.07) is 17.1. The number of pyridine rings is 1. The number of thioether (sulfide) groups is 1. The van der Waals surface area contributed by atoms with Gasteiger partial charge in [0.05, 0.1) is 16.1 Å². The van der Waals surface area contributed by atoms with Gasteiger partial charge in [-0.05, 0) is 61.6 Å². The van der Waals surface area contributed by atoms with Crippen LogP contribution in [-0.4, -0.2) is 43.0 Å². The number of piperidine rings is 1. The van der Waals surface area contributed by atoms with E-state index in [1.165, 1.54) is 28.2 Å². The van der Waals surface area contributed by atoms with Crippen LogP contribution in [0.5, 0.6) is 11.5 Å². The van der Waals surface area contributed by atoms with Gasteiger partial charge in [-0.1, -0.05) is 24.6 Å². The molecule has 0 unspecified atom stereocenters. The number of para-hydroxylation sites is 1. The van der Waals surface area contributed by atoms with Crippen molar-refractivity contribution in [2.24, 2.45) is 0 Å². The van der Waals surface area contributed by atoms with Crippen molar-refractivity contribution in [1.29, 1.82) is 0 Å². The number of hydrogen-bond acceptors (Lipinski definition) is 6. The molecule has 1 saturated heterocycles. The number of benzene rings is 2. The van der Waals surface area contributed by atoms with Crippen LogP contribution in [0.3, 0.4) is 0 Å². The average molecular weight is 484 g/mol. The molecule has 0 atom stereocenters. The lowest BCUT2D eigenvalue weighted by molar-refractivity contribution is 0.102. The minimum Gasteiger partial charge on any atom is -0.455 e. The van der Waals surface area contributed by atoms with Gasteiger partial charge in [0.1, 0.15) is 10.8 Å². The Morgan fingerprint density at radius 2 is 1.79 bits per heavy atom. The van der Waals surface area contributed by atoms with Crippen LogP contribution in [0.25, 0.3) is 0 Å². The lowest BCUT2D eigenvalue weighted by Crippen LogP contribution is -2.35. The summed E-state index contributed by atoms with van der Waals surface area (Å²) < 4.78 is 33.9. The highest BCUT2D eigenvalue weighted by atomic mass is 32.2. The number of anilines is 1. The Hall–Kier alpha value is -2.88. The first-order valence-electron chi connectivity index (χ1n) is 10.7. The summed E-state index contributed by atoms with van der Waals surface area (Å²) in [6.45, 7) is 0.998. The van der Waals surface area contributed by atoms with Gasteiger partial charge in [0.25, 0.3) is 5.91 Å². The van der Waals surface area contributed by atoms with Gasteiger partial charge in [0, 0.05) is 19.3 Å². The van der Waals surface area contributed by atoms with Crippen molar-refractivity contribution in [3.05, 3.63) is 72.4 Å². The molecule has 33 heavy (non-hydrogen) atoms. The molecule has 1 aromatic heterocycles. The number of hydrogen-bond donors (Lipinski definition) is 1. The molecule has 1 aliphatic rings. The smallest absolute Gasteiger partial charge is 0.258 e. The molecule has 1 N–H and O–H groups in total. The number of carbonyl (C=O) groups excluding carboxylic acids is 1. The molecule has 1 aliphatic heterocycles. The number of ether oxygens (including phenoxy) is 1. The maximum absolute atomic E-state index is 13.2. The zero-order chi connectivity index (χ0) is 23.3. The van der Waals surface area contributed by atoms with Gasteiger partial charge >= 0.3 is 0 Å². The highest BCUT2D eigenvalue weighted by Gasteiger charge is 2.27. The van der Waals surface area contributed by atoms with Crippen molar-refractivity contribution in [2.45, 2.75) is 29.2 Å². The predicted octanol–water partition coefficient (Wildman–Crippen LogP) is 5.02. The Labute approximate surface area is 198 Å². The van der Waals surface area contributed by atoms with Crippen LogP contribution in [0.15, 0.2) is 76.8 Å². The number of sulfonamides is 1. The molecule has 2 aromatic carbocycles. The van der Waals surface area contributed by atoms with Crippen molar-refractivity contribution < 1.29 is 17.9 Å². The lowest BCUT2D eigenvalue weighted by Gasteiger charge is -2.26. The first-order chi connectivity index (χ1) is 16.0. The highest BCUT2D eigenvalue weighted by molar-refractivity contribution is 7.98. The number of carbonyl (C=O) groups is 1. The van der Waals surface area contributed by atoms with Crippen molar-refractivity contribution in [1.82, 2.24) is 9.29 Å². The van der Waals surface area contributed by atoms with Gasteiger partial charge in [0.2, 0.25) is 10.0 Å². The van der Waals surface area contributed by atoms with Crippen molar-refractivity contribution >= 4 is 33.4 Å². The van der Waals surface area contributed by atoms with Crippen molar-refractivity contribution in [3.63, 3.8) is 0 Å². The van der Waals surface area contributed by atoms with Crippen LogP contribution in [0.4, 0.5) is 5.69 Å². The summed E-state index contributed by atoms with van der Waals surface area (Å²) in [4.78, 5) is 17.4. The second-order valence-corrected chi connectivity index (χ2v) is 10.3. The molecule has 1 amide bonds. The van der Waals surface area contributed by atoms with Crippen LogP contribution in [-0.2, 0) is 10.0 Å².